The molecule has 0 bridgehead atoms. The molecule has 0 unspecified atom stereocenters. The Morgan fingerprint density at radius 1 is 0.969 bits per heavy atom. The Kier molecular flexibility index (Phi) is 5.99. The minimum absolute atomic E-state index is 0.127. The highest BCUT2D eigenvalue weighted by Gasteiger charge is 2.31. The van der Waals surface area contributed by atoms with Crippen LogP contribution < -0.4 is 9.80 Å². The van der Waals surface area contributed by atoms with E-state index < -0.39 is 0 Å². The van der Waals surface area contributed by atoms with Gasteiger partial charge in [0.25, 0.3) is 0 Å². The van der Waals surface area contributed by atoms with Crippen molar-refractivity contribution in [1.29, 1.82) is 0 Å². The molecule has 1 amide bonds. The van der Waals surface area contributed by atoms with Gasteiger partial charge in [-0.05, 0) is 62.1 Å². The number of rotatable bonds is 3. The van der Waals surface area contributed by atoms with Crippen LogP contribution in [0.2, 0.25) is 5.02 Å². The van der Waals surface area contributed by atoms with Gasteiger partial charge in [-0.3, -0.25) is 4.79 Å². The Labute approximate surface area is 198 Å². The van der Waals surface area contributed by atoms with Crippen LogP contribution >= 0.6 is 22.9 Å². The number of nitrogens with zero attached hydrogens (tertiary/aromatic N) is 4. The summed E-state index contributed by atoms with van der Waals surface area (Å²) in [6, 6.07) is 12.5. The molecular formula is C25H29ClN4OS. The van der Waals surface area contributed by atoms with Gasteiger partial charge in [0.15, 0.2) is 5.13 Å². The summed E-state index contributed by atoms with van der Waals surface area (Å²) in [5.41, 5.74) is 4.75. The first-order valence-electron chi connectivity index (χ1n) is 11.4. The largest absolute Gasteiger partial charge is 0.368 e. The predicted molar refractivity (Wildman–Crippen MR) is 134 cm³/mol. The number of anilines is 2. The van der Waals surface area contributed by atoms with Crippen LogP contribution in [0.25, 0.3) is 10.2 Å². The molecule has 0 radical (unpaired) electrons. The normalized spacial score (nSPS) is 17.9. The van der Waals surface area contributed by atoms with Crippen molar-refractivity contribution in [2.45, 2.75) is 26.7 Å². The van der Waals surface area contributed by atoms with E-state index in [0.29, 0.717) is 5.91 Å². The number of hydrogen-bond acceptors (Lipinski definition) is 5. The molecule has 2 saturated heterocycles. The van der Waals surface area contributed by atoms with Crippen LogP contribution in [0, 0.1) is 19.8 Å². The molecule has 1 aromatic heterocycles. The van der Waals surface area contributed by atoms with E-state index >= 15 is 0 Å². The fourth-order valence-electron chi connectivity index (χ4n) is 4.82. The van der Waals surface area contributed by atoms with Crippen molar-refractivity contribution in [2.75, 3.05) is 49.1 Å². The molecule has 0 spiro atoms. The number of fused-ring (bicyclic) bond motifs is 1. The van der Waals surface area contributed by atoms with Crippen molar-refractivity contribution in [2.24, 2.45) is 5.92 Å². The molecule has 32 heavy (non-hydrogen) atoms. The van der Waals surface area contributed by atoms with Gasteiger partial charge in [-0.1, -0.05) is 35.1 Å². The molecule has 2 aliphatic rings. The van der Waals surface area contributed by atoms with Gasteiger partial charge >= 0.3 is 0 Å². The standard InChI is InChI=1S/C25H29ClN4OS/c1-17-3-6-21-23(15-17)32-25(27-21)30-9-7-19(8-10-30)24(31)29-13-11-28(12-14-29)22-16-20(26)5-4-18(22)2/h3-6,15-16,19H,7-14H2,1-2H3. The number of aryl methyl sites for hydroxylation is 2. The summed E-state index contributed by atoms with van der Waals surface area (Å²) in [7, 11) is 0. The van der Waals surface area contributed by atoms with Gasteiger partial charge in [-0.25, -0.2) is 4.98 Å². The first kappa shape index (κ1) is 21.5. The van der Waals surface area contributed by atoms with E-state index in [-0.39, 0.29) is 5.92 Å². The number of piperidine rings is 1. The maximum Gasteiger partial charge on any atom is 0.225 e. The Morgan fingerprint density at radius 2 is 1.72 bits per heavy atom. The van der Waals surface area contributed by atoms with E-state index in [0.717, 1.165) is 67.8 Å². The second kappa shape index (κ2) is 8.91. The first-order valence-corrected chi connectivity index (χ1v) is 12.6. The topological polar surface area (TPSA) is 39.7 Å². The molecule has 0 saturated carbocycles. The fraction of sp³-hybridized carbons (Fsp3) is 0.440. The Morgan fingerprint density at radius 3 is 2.47 bits per heavy atom. The van der Waals surface area contributed by atoms with Crippen LogP contribution in [0.5, 0.6) is 0 Å². The van der Waals surface area contributed by atoms with Crippen LogP contribution in [-0.4, -0.2) is 55.1 Å². The number of halogens is 1. The zero-order chi connectivity index (χ0) is 22.2. The SMILES string of the molecule is Cc1ccc2nc(N3CCC(C(=O)N4CCN(c5cc(Cl)ccc5C)CC4)CC3)sc2c1. The zero-order valence-electron chi connectivity index (χ0n) is 18.7. The van der Waals surface area contributed by atoms with Crippen molar-refractivity contribution in [3.8, 4) is 0 Å². The molecule has 0 aliphatic carbocycles. The number of hydrogen-bond donors (Lipinski definition) is 0. The van der Waals surface area contributed by atoms with Gasteiger partial charge in [0.1, 0.15) is 0 Å². The maximum atomic E-state index is 13.2. The molecule has 5 rings (SSSR count). The number of aromatic nitrogens is 1. The number of amides is 1. The van der Waals surface area contributed by atoms with Gasteiger partial charge in [-0.15, -0.1) is 0 Å². The average Bonchev–Trinajstić information content (AvgIpc) is 3.24. The minimum Gasteiger partial charge on any atom is -0.368 e. The zero-order valence-corrected chi connectivity index (χ0v) is 20.3. The van der Waals surface area contributed by atoms with Crippen LogP contribution in [0.15, 0.2) is 36.4 Å². The van der Waals surface area contributed by atoms with Gasteiger partial charge in [0.2, 0.25) is 5.91 Å². The number of carbonyl (C=O) groups excluding carboxylic acids is 1. The molecule has 3 heterocycles. The molecule has 5 nitrogen and oxygen atoms in total. The quantitative estimate of drug-likeness (QED) is 0.534. The van der Waals surface area contributed by atoms with Crippen molar-refractivity contribution in [3.63, 3.8) is 0 Å². The molecule has 168 valence electrons. The summed E-state index contributed by atoms with van der Waals surface area (Å²) in [4.78, 5) is 24.8. The lowest BCUT2D eigenvalue weighted by Crippen LogP contribution is -2.51. The summed E-state index contributed by atoms with van der Waals surface area (Å²) >= 11 is 7.96. The van der Waals surface area contributed by atoms with Crippen LogP contribution in [0.4, 0.5) is 10.8 Å². The molecule has 2 aromatic carbocycles. The summed E-state index contributed by atoms with van der Waals surface area (Å²) in [5, 5.41) is 1.85. The monoisotopic (exact) mass is 468 g/mol. The van der Waals surface area contributed by atoms with E-state index in [1.54, 1.807) is 11.3 Å². The van der Waals surface area contributed by atoms with E-state index in [9.17, 15) is 4.79 Å². The lowest BCUT2D eigenvalue weighted by Gasteiger charge is -2.39. The number of benzene rings is 2. The van der Waals surface area contributed by atoms with Crippen molar-refractivity contribution in [3.05, 3.63) is 52.5 Å². The summed E-state index contributed by atoms with van der Waals surface area (Å²) in [6.45, 7) is 9.31. The second-order valence-corrected chi connectivity index (χ2v) is 10.4. The highest BCUT2D eigenvalue weighted by Crippen LogP contribution is 2.33. The van der Waals surface area contributed by atoms with Crippen molar-refractivity contribution in [1.82, 2.24) is 9.88 Å². The Balaban J connectivity index is 1.16. The molecule has 7 heteroatoms. The fourth-order valence-corrected chi connectivity index (χ4v) is 6.10. The molecule has 2 aliphatic heterocycles. The van der Waals surface area contributed by atoms with Gasteiger partial charge < -0.3 is 14.7 Å². The third-order valence-corrected chi connectivity index (χ3v) is 8.06. The minimum atomic E-state index is 0.127. The highest BCUT2D eigenvalue weighted by atomic mass is 35.5. The van der Waals surface area contributed by atoms with Gasteiger partial charge in [-0.2, -0.15) is 0 Å². The maximum absolute atomic E-state index is 13.2. The van der Waals surface area contributed by atoms with Crippen molar-refractivity contribution < 1.29 is 4.79 Å². The van der Waals surface area contributed by atoms with Gasteiger partial charge in [0, 0.05) is 55.9 Å². The third-order valence-electron chi connectivity index (χ3n) is 6.75. The predicted octanol–water partition coefficient (Wildman–Crippen LogP) is 5.13. The molecule has 3 aromatic rings. The summed E-state index contributed by atoms with van der Waals surface area (Å²) in [5.74, 6) is 0.453. The van der Waals surface area contributed by atoms with Crippen molar-refractivity contribution >= 4 is 49.9 Å². The molecule has 0 N–H and O–H groups in total. The summed E-state index contributed by atoms with van der Waals surface area (Å²) < 4.78 is 1.24. The molecule has 0 atom stereocenters. The van der Waals surface area contributed by atoms with E-state index in [1.165, 1.54) is 21.5 Å². The summed E-state index contributed by atoms with van der Waals surface area (Å²) in [6.07, 6.45) is 1.81. The lowest BCUT2D eigenvalue weighted by molar-refractivity contribution is -0.136. The number of carbonyl (C=O) groups is 1. The van der Waals surface area contributed by atoms with Gasteiger partial charge in [0.05, 0.1) is 10.2 Å². The highest BCUT2D eigenvalue weighted by molar-refractivity contribution is 7.22. The van der Waals surface area contributed by atoms with Crippen LogP contribution in [0.3, 0.4) is 0 Å². The third kappa shape index (κ3) is 4.30. The number of piperazine rings is 1. The molecule has 2 fully saturated rings. The second-order valence-electron chi connectivity index (χ2n) is 8.97. The van der Waals surface area contributed by atoms with Crippen LogP contribution in [-0.2, 0) is 4.79 Å². The van der Waals surface area contributed by atoms with E-state index in [2.05, 4.69) is 52.8 Å². The first-order chi connectivity index (χ1) is 15.5. The molecular weight excluding hydrogens is 440 g/mol. The van der Waals surface area contributed by atoms with E-state index in [1.807, 2.05) is 12.1 Å². The van der Waals surface area contributed by atoms with Crippen LogP contribution in [0.1, 0.15) is 24.0 Å². The lowest BCUT2D eigenvalue weighted by atomic mass is 9.95. The smallest absolute Gasteiger partial charge is 0.225 e. The average molecular weight is 469 g/mol. The Hall–Kier alpha value is -2.31. The van der Waals surface area contributed by atoms with E-state index in [4.69, 9.17) is 16.6 Å². The number of thiazole rings is 1. The Bertz CT molecular complexity index is 1130.